The summed E-state index contributed by atoms with van der Waals surface area (Å²) in [7, 11) is 1.33. The normalized spacial score (nSPS) is 13.3. The Bertz CT molecular complexity index is 336. The van der Waals surface area contributed by atoms with E-state index in [0.29, 0.717) is 0 Å². The Labute approximate surface area is 89.5 Å². The molecule has 1 aromatic heterocycles. The fourth-order valence-electron chi connectivity index (χ4n) is 1.32. The van der Waals surface area contributed by atoms with Crippen LogP contribution in [0.5, 0.6) is 0 Å². The molecule has 0 aliphatic carbocycles. The van der Waals surface area contributed by atoms with Crippen molar-refractivity contribution in [3.63, 3.8) is 0 Å². The first-order valence-electron chi connectivity index (χ1n) is 4.75. The van der Waals surface area contributed by atoms with E-state index in [9.17, 15) is 4.79 Å². The summed E-state index contributed by atoms with van der Waals surface area (Å²) in [4.78, 5) is 15.6. The van der Waals surface area contributed by atoms with E-state index in [-0.39, 0.29) is 0 Å². The summed E-state index contributed by atoms with van der Waals surface area (Å²) >= 11 is 0. The van der Waals surface area contributed by atoms with E-state index < -0.39 is 17.4 Å². The third-order valence-electron chi connectivity index (χ3n) is 2.56. The third kappa shape index (κ3) is 2.33. The molecule has 4 nitrogen and oxygen atoms in total. The molecule has 1 atom stereocenters. The van der Waals surface area contributed by atoms with Gasteiger partial charge in [0.2, 0.25) is 0 Å². The Kier molecular flexibility index (Phi) is 3.42. The van der Waals surface area contributed by atoms with Gasteiger partial charge in [-0.25, -0.2) is 0 Å². The maximum Gasteiger partial charge on any atom is 0.323 e. The molecule has 1 aromatic rings. The van der Waals surface area contributed by atoms with Gasteiger partial charge in [0.25, 0.3) is 0 Å². The molecule has 82 valence electrons. The number of carbonyl (C=O) groups excluding carboxylic acids is 1. The van der Waals surface area contributed by atoms with Crippen LogP contribution in [0.3, 0.4) is 0 Å². The zero-order valence-corrected chi connectivity index (χ0v) is 9.23. The average Bonchev–Trinajstić information content (AvgIpc) is 2.28. The van der Waals surface area contributed by atoms with Crippen LogP contribution in [0, 0.1) is 0 Å². The predicted octanol–water partition coefficient (Wildman–Crippen LogP) is 0.859. The lowest BCUT2D eigenvalue weighted by Gasteiger charge is -2.28. The Balaban J connectivity index is 2.97. The van der Waals surface area contributed by atoms with Gasteiger partial charge in [-0.3, -0.25) is 9.78 Å². The fraction of sp³-hybridized carbons (Fsp3) is 0.455. The van der Waals surface area contributed by atoms with E-state index in [1.165, 1.54) is 7.11 Å². The molecule has 15 heavy (non-hydrogen) atoms. The molecule has 0 saturated heterocycles. The molecule has 2 N–H and O–H groups in total. The number of nitrogens with zero attached hydrogens (tertiary/aromatic N) is 1. The molecule has 0 aliphatic rings. The number of methoxy groups -OCH3 is 1. The molecular weight excluding hydrogens is 192 g/mol. The van der Waals surface area contributed by atoms with Crippen LogP contribution in [-0.4, -0.2) is 24.1 Å². The highest BCUT2D eigenvalue weighted by atomic mass is 16.5. The lowest BCUT2D eigenvalue weighted by molar-refractivity contribution is -0.143. The molecular formula is C11H16N2O2. The lowest BCUT2D eigenvalue weighted by Crippen LogP contribution is -2.47. The van der Waals surface area contributed by atoms with Crippen molar-refractivity contribution >= 4 is 5.97 Å². The van der Waals surface area contributed by atoms with Crippen LogP contribution in [0.4, 0.5) is 0 Å². The monoisotopic (exact) mass is 208 g/mol. The largest absolute Gasteiger partial charge is 0.468 e. The van der Waals surface area contributed by atoms with Gasteiger partial charge in [0.05, 0.1) is 7.11 Å². The predicted molar refractivity (Wildman–Crippen MR) is 57.3 cm³/mol. The van der Waals surface area contributed by atoms with E-state index in [1.54, 1.807) is 6.20 Å². The minimum Gasteiger partial charge on any atom is -0.468 e. The lowest BCUT2D eigenvalue weighted by atomic mass is 9.81. The molecule has 0 amide bonds. The maximum atomic E-state index is 11.4. The van der Waals surface area contributed by atoms with E-state index in [2.05, 4.69) is 9.72 Å². The number of carbonyl (C=O) groups is 1. The van der Waals surface area contributed by atoms with Crippen LogP contribution >= 0.6 is 0 Å². The highest BCUT2D eigenvalue weighted by molar-refractivity contribution is 5.77. The van der Waals surface area contributed by atoms with Gasteiger partial charge in [0, 0.05) is 17.3 Å². The Morgan fingerprint density at radius 3 is 2.67 bits per heavy atom. The van der Waals surface area contributed by atoms with E-state index in [4.69, 9.17) is 5.73 Å². The minimum atomic E-state index is -0.711. The van der Waals surface area contributed by atoms with Gasteiger partial charge in [-0.2, -0.15) is 0 Å². The van der Waals surface area contributed by atoms with E-state index in [0.717, 1.165) is 5.69 Å². The molecule has 0 aliphatic heterocycles. The molecule has 1 heterocycles. The smallest absolute Gasteiger partial charge is 0.323 e. The van der Waals surface area contributed by atoms with Gasteiger partial charge in [-0.05, 0) is 12.1 Å². The van der Waals surface area contributed by atoms with Gasteiger partial charge in [0.1, 0.15) is 6.04 Å². The Morgan fingerprint density at radius 1 is 1.53 bits per heavy atom. The van der Waals surface area contributed by atoms with Gasteiger partial charge >= 0.3 is 5.97 Å². The van der Waals surface area contributed by atoms with Crippen molar-refractivity contribution in [2.45, 2.75) is 25.3 Å². The Morgan fingerprint density at radius 2 is 2.20 bits per heavy atom. The zero-order valence-electron chi connectivity index (χ0n) is 9.23. The second-order valence-electron chi connectivity index (χ2n) is 3.94. The molecule has 0 bridgehead atoms. The molecule has 4 heteroatoms. The van der Waals surface area contributed by atoms with Crippen LogP contribution < -0.4 is 5.73 Å². The maximum absolute atomic E-state index is 11.4. The summed E-state index contributed by atoms with van der Waals surface area (Å²) in [5.74, 6) is -0.425. The fourth-order valence-corrected chi connectivity index (χ4v) is 1.32. The number of aromatic nitrogens is 1. The molecule has 0 fully saturated rings. The standard InChI is InChI=1S/C11H16N2O2/c1-11(2,9(12)10(14)15-3)8-6-4-5-7-13-8/h4-7,9H,12H2,1-3H3. The first-order chi connectivity index (χ1) is 7.00. The van der Waals surface area contributed by atoms with Crippen molar-refractivity contribution in [1.82, 2.24) is 4.98 Å². The second-order valence-corrected chi connectivity index (χ2v) is 3.94. The highest BCUT2D eigenvalue weighted by Crippen LogP contribution is 2.24. The van der Waals surface area contributed by atoms with Gasteiger partial charge in [-0.15, -0.1) is 0 Å². The summed E-state index contributed by atoms with van der Waals surface area (Å²) < 4.78 is 4.63. The molecule has 0 spiro atoms. The number of hydrogen-bond acceptors (Lipinski definition) is 4. The summed E-state index contributed by atoms with van der Waals surface area (Å²) in [5, 5.41) is 0. The number of hydrogen-bond donors (Lipinski definition) is 1. The quantitative estimate of drug-likeness (QED) is 0.748. The van der Waals surface area contributed by atoms with Crippen LogP contribution in [0.1, 0.15) is 19.5 Å². The molecule has 0 saturated carbocycles. The summed E-state index contributed by atoms with van der Waals surface area (Å²) in [6.07, 6.45) is 1.68. The van der Waals surface area contributed by atoms with Crippen LogP contribution in [0.2, 0.25) is 0 Å². The SMILES string of the molecule is COC(=O)C(N)C(C)(C)c1ccccn1. The van der Waals surface area contributed by atoms with Crippen molar-refractivity contribution in [2.75, 3.05) is 7.11 Å². The summed E-state index contributed by atoms with van der Waals surface area (Å²) in [6.45, 7) is 3.74. The first-order valence-corrected chi connectivity index (χ1v) is 4.75. The van der Waals surface area contributed by atoms with Gasteiger partial charge < -0.3 is 10.5 Å². The summed E-state index contributed by atoms with van der Waals surface area (Å²) in [6, 6.07) is 4.83. The van der Waals surface area contributed by atoms with E-state index in [1.807, 2.05) is 32.0 Å². The van der Waals surface area contributed by atoms with Crippen molar-refractivity contribution in [1.29, 1.82) is 0 Å². The number of ether oxygens (including phenoxy) is 1. The van der Waals surface area contributed by atoms with Crippen molar-refractivity contribution in [3.05, 3.63) is 30.1 Å². The number of nitrogens with two attached hydrogens (primary N) is 1. The van der Waals surface area contributed by atoms with Gasteiger partial charge in [-0.1, -0.05) is 19.9 Å². The minimum absolute atomic E-state index is 0.425. The zero-order chi connectivity index (χ0) is 11.5. The highest BCUT2D eigenvalue weighted by Gasteiger charge is 2.35. The summed E-state index contributed by atoms with van der Waals surface area (Å²) in [5.41, 5.74) is 6.07. The van der Waals surface area contributed by atoms with Crippen LogP contribution in [0.15, 0.2) is 24.4 Å². The second kappa shape index (κ2) is 4.40. The molecule has 1 rings (SSSR count). The molecule has 0 aromatic carbocycles. The first kappa shape index (κ1) is 11.7. The van der Waals surface area contributed by atoms with Gasteiger partial charge in [0.15, 0.2) is 0 Å². The van der Waals surface area contributed by atoms with Crippen molar-refractivity contribution < 1.29 is 9.53 Å². The topological polar surface area (TPSA) is 65.2 Å². The number of esters is 1. The Hall–Kier alpha value is -1.42. The molecule has 1 unspecified atom stereocenters. The van der Waals surface area contributed by atoms with Crippen molar-refractivity contribution in [2.24, 2.45) is 5.73 Å². The van der Waals surface area contributed by atoms with Crippen LogP contribution in [0.25, 0.3) is 0 Å². The third-order valence-corrected chi connectivity index (χ3v) is 2.56. The van der Waals surface area contributed by atoms with Crippen LogP contribution in [-0.2, 0) is 14.9 Å². The number of rotatable bonds is 3. The van der Waals surface area contributed by atoms with Crippen molar-refractivity contribution in [3.8, 4) is 0 Å². The van der Waals surface area contributed by atoms with E-state index >= 15 is 0 Å². The number of pyridine rings is 1. The average molecular weight is 208 g/mol. The molecule has 0 radical (unpaired) electrons.